The highest BCUT2D eigenvalue weighted by atomic mass is 32.2. The molecule has 2 heteroatoms. The smallest absolute Gasteiger partial charge is 0.00747 e. The van der Waals surface area contributed by atoms with E-state index in [0.29, 0.717) is 5.25 Å². The molecule has 0 atom stereocenters. The van der Waals surface area contributed by atoms with Crippen LogP contribution in [0.3, 0.4) is 0 Å². The molecule has 3 rings (SSSR count). The third-order valence-electron chi connectivity index (χ3n) is 3.92. The van der Waals surface area contributed by atoms with E-state index in [1.54, 1.807) is 0 Å². The molecule has 0 bridgehead atoms. The summed E-state index contributed by atoms with van der Waals surface area (Å²) in [5, 5.41) is 0.678. The van der Waals surface area contributed by atoms with Gasteiger partial charge in [-0.05, 0) is 50.1 Å². The van der Waals surface area contributed by atoms with Crippen molar-refractivity contribution in [1.82, 2.24) is 0 Å². The Hall–Kier alpha value is -1.64. The SMILES string of the molecule is Cc1ccc(SC(C)C)cc1.Cc1ccc(SCCc2ccccc2)cc1. The summed E-state index contributed by atoms with van der Waals surface area (Å²) in [5.41, 5.74) is 4.08. The van der Waals surface area contributed by atoms with Crippen LogP contribution < -0.4 is 0 Å². The van der Waals surface area contributed by atoms with Crippen LogP contribution in [0.5, 0.6) is 0 Å². The van der Waals surface area contributed by atoms with Crippen molar-refractivity contribution >= 4 is 23.5 Å². The van der Waals surface area contributed by atoms with Crippen molar-refractivity contribution in [1.29, 1.82) is 0 Å². The zero-order chi connectivity index (χ0) is 19.5. The van der Waals surface area contributed by atoms with Crippen LogP contribution >= 0.6 is 23.5 Å². The fourth-order valence-electron chi connectivity index (χ4n) is 2.45. The monoisotopic (exact) mass is 394 g/mol. The van der Waals surface area contributed by atoms with Crippen molar-refractivity contribution in [3.8, 4) is 0 Å². The maximum absolute atomic E-state index is 2.21. The summed E-state index contributed by atoms with van der Waals surface area (Å²) >= 11 is 3.83. The second-order valence-corrected chi connectivity index (χ2v) is 9.70. The van der Waals surface area contributed by atoms with Crippen LogP contribution in [0.2, 0.25) is 0 Å². The molecule has 0 saturated carbocycles. The Balaban J connectivity index is 0.000000208. The highest BCUT2D eigenvalue weighted by Crippen LogP contribution is 2.22. The minimum absolute atomic E-state index is 0.678. The van der Waals surface area contributed by atoms with Gasteiger partial charge in [0.05, 0.1) is 0 Å². The molecule has 0 radical (unpaired) electrons. The van der Waals surface area contributed by atoms with E-state index in [9.17, 15) is 0 Å². The molecular formula is C25H30S2. The Morgan fingerprint density at radius 2 is 1.19 bits per heavy atom. The van der Waals surface area contributed by atoms with Gasteiger partial charge in [0.2, 0.25) is 0 Å². The van der Waals surface area contributed by atoms with Gasteiger partial charge in [-0.3, -0.25) is 0 Å². The molecule has 0 unspecified atom stereocenters. The van der Waals surface area contributed by atoms with Crippen LogP contribution in [0.4, 0.5) is 0 Å². The maximum Gasteiger partial charge on any atom is 0.00747 e. The molecule has 0 spiro atoms. The molecular weight excluding hydrogens is 364 g/mol. The quantitative estimate of drug-likeness (QED) is 0.391. The first kappa shape index (κ1) is 21.7. The number of thioether (sulfide) groups is 2. The van der Waals surface area contributed by atoms with E-state index in [4.69, 9.17) is 0 Å². The summed E-state index contributed by atoms with van der Waals surface area (Å²) in [4.78, 5) is 2.73. The van der Waals surface area contributed by atoms with Gasteiger partial charge in [-0.1, -0.05) is 79.6 Å². The van der Waals surface area contributed by atoms with Crippen LogP contribution in [-0.2, 0) is 6.42 Å². The predicted octanol–water partition coefficient (Wildman–Crippen LogP) is 7.83. The number of rotatable bonds is 6. The molecule has 0 aliphatic rings. The summed E-state index contributed by atoms with van der Waals surface area (Å²) < 4.78 is 0. The molecule has 0 amide bonds. The first-order chi connectivity index (χ1) is 13.0. The summed E-state index contributed by atoms with van der Waals surface area (Å²) in [7, 11) is 0. The molecule has 0 fully saturated rings. The lowest BCUT2D eigenvalue weighted by Crippen LogP contribution is -1.87. The fourth-order valence-corrected chi connectivity index (χ4v) is 4.19. The van der Waals surface area contributed by atoms with Gasteiger partial charge >= 0.3 is 0 Å². The zero-order valence-corrected chi connectivity index (χ0v) is 18.4. The molecule has 142 valence electrons. The third-order valence-corrected chi connectivity index (χ3v) is 5.95. The average Bonchev–Trinajstić information content (AvgIpc) is 2.66. The Labute approximate surface area is 173 Å². The second kappa shape index (κ2) is 11.9. The Kier molecular flexibility index (Phi) is 9.58. The van der Waals surface area contributed by atoms with E-state index < -0.39 is 0 Å². The van der Waals surface area contributed by atoms with Gasteiger partial charge in [0, 0.05) is 20.8 Å². The van der Waals surface area contributed by atoms with Crippen molar-refractivity contribution < 1.29 is 0 Å². The lowest BCUT2D eigenvalue weighted by molar-refractivity contribution is 1.11. The van der Waals surface area contributed by atoms with Gasteiger partial charge < -0.3 is 0 Å². The van der Waals surface area contributed by atoms with Gasteiger partial charge in [0.25, 0.3) is 0 Å². The lowest BCUT2D eigenvalue weighted by atomic mass is 10.2. The van der Waals surface area contributed by atoms with Crippen molar-refractivity contribution in [3.05, 3.63) is 95.6 Å². The van der Waals surface area contributed by atoms with Crippen molar-refractivity contribution in [2.24, 2.45) is 0 Å². The van der Waals surface area contributed by atoms with E-state index in [2.05, 4.69) is 107 Å². The predicted molar refractivity (Wildman–Crippen MR) is 124 cm³/mol. The molecule has 3 aromatic carbocycles. The fraction of sp³-hybridized carbons (Fsp3) is 0.280. The van der Waals surface area contributed by atoms with E-state index in [1.807, 2.05) is 23.5 Å². The largest absolute Gasteiger partial charge is 0.126 e. The molecule has 0 nitrogen and oxygen atoms in total. The topological polar surface area (TPSA) is 0 Å². The van der Waals surface area contributed by atoms with Crippen molar-refractivity contribution in [3.63, 3.8) is 0 Å². The maximum atomic E-state index is 2.21. The van der Waals surface area contributed by atoms with Gasteiger partial charge in [-0.25, -0.2) is 0 Å². The van der Waals surface area contributed by atoms with Crippen LogP contribution in [0.1, 0.15) is 30.5 Å². The Bertz CT molecular complexity index is 760. The highest BCUT2D eigenvalue weighted by Gasteiger charge is 1.96. The molecule has 0 N–H and O–H groups in total. The minimum Gasteiger partial charge on any atom is -0.126 e. The molecule has 3 aromatic rings. The zero-order valence-electron chi connectivity index (χ0n) is 16.8. The molecule has 0 aliphatic carbocycles. The average molecular weight is 395 g/mol. The van der Waals surface area contributed by atoms with Gasteiger partial charge in [0.1, 0.15) is 0 Å². The first-order valence-corrected chi connectivity index (χ1v) is 11.4. The van der Waals surface area contributed by atoms with Gasteiger partial charge in [-0.15, -0.1) is 23.5 Å². The highest BCUT2D eigenvalue weighted by molar-refractivity contribution is 8.00. The van der Waals surface area contributed by atoms with Crippen LogP contribution in [0, 0.1) is 13.8 Å². The first-order valence-electron chi connectivity index (χ1n) is 9.49. The van der Waals surface area contributed by atoms with Crippen LogP contribution in [0.15, 0.2) is 88.7 Å². The van der Waals surface area contributed by atoms with E-state index in [-0.39, 0.29) is 0 Å². The third kappa shape index (κ3) is 9.21. The number of hydrogen-bond acceptors (Lipinski definition) is 2. The molecule has 0 aliphatic heterocycles. The molecule has 0 saturated heterocycles. The normalized spacial score (nSPS) is 10.4. The molecule has 0 aromatic heterocycles. The van der Waals surface area contributed by atoms with Gasteiger partial charge in [-0.2, -0.15) is 0 Å². The lowest BCUT2D eigenvalue weighted by Gasteiger charge is -2.03. The van der Waals surface area contributed by atoms with Crippen molar-refractivity contribution in [2.75, 3.05) is 5.75 Å². The Morgan fingerprint density at radius 1 is 0.667 bits per heavy atom. The van der Waals surface area contributed by atoms with E-state index in [0.717, 1.165) is 12.2 Å². The summed E-state index contributed by atoms with van der Waals surface area (Å²) in [6.45, 7) is 8.66. The van der Waals surface area contributed by atoms with Crippen LogP contribution in [-0.4, -0.2) is 11.0 Å². The van der Waals surface area contributed by atoms with E-state index >= 15 is 0 Å². The standard InChI is InChI=1S/C15H16S.C10H14S/c1-13-7-9-15(10-8-13)16-12-11-14-5-3-2-4-6-14;1-8(2)11-10-6-4-9(3)5-7-10/h2-10H,11-12H2,1H3;4-8H,1-3H3. The second-order valence-electron chi connectivity index (χ2n) is 6.88. The summed E-state index contributed by atoms with van der Waals surface area (Å²) in [6, 6.07) is 28.1. The molecule has 27 heavy (non-hydrogen) atoms. The van der Waals surface area contributed by atoms with E-state index in [1.165, 1.54) is 26.5 Å². The summed E-state index contributed by atoms with van der Waals surface area (Å²) in [5.74, 6) is 1.15. The van der Waals surface area contributed by atoms with Crippen molar-refractivity contribution in [2.45, 2.75) is 49.2 Å². The minimum atomic E-state index is 0.678. The number of aryl methyl sites for hydroxylation is 3. The van der Waals surface area contributed by atoms with Crippen LogP contribution in [0.25, 0.3) is 0 Å². The molecule has 0 heterocycles. The summed E-state index contributed by atoms with van der Waals surface area (Å²) in [6.07, 6.45) is 1.14. The number of hydrogen-bond donors (Lipinski definition) is 0. The Morgan fingerprint density at radius 3 is 1.70 bits per heavy atom. The number of benzene rings is 3. The van der Waals surface area contributed by atoms with Gasteiger partial charge in [0.15, 0.2) is 0 Å².